The van der Waals surface area contributed by atoms with Gasteiger partial charge >= 0.3 is 0 Å². The first kappa shape index (κ1) is 23.2. The summed E-state index contributed by atoms with van der Waals surface area (Å²) in [6, 6.07) is 8.27. The van der Waals surface area contributed by atoms with Gasteiger partial charge < -0.3 is 20.1 Å². The molecular formula is C24H33N7O2S. The molecule has 10 heteroatoms. The predicted octanol–water partition coefficient (Wildman–Crippen LogP) is 1.93. The lowest BCUT2D eigenvalue weighted by Gasteiger charge is -2.41. The highest BCUT2D eigenvalue weighted by atomic mass is 32.2. The topological polar surface area (TPSA) is 109 Å². The molecule has 34 heavy (non-hydrogen) atoms. The fourth-order valence-corrected chi connectivity index (χ4v) is 5.57. The number of sulfonamides is 1. The average Bonchev–Trinajstić information content (AvgIpc) is 3.16. The quantitative estimate of drug-likeness (QED) is 0.528. The number of anilines is 1. The van der Waals surface area contributed by atoms with Gasteiger partial charge in [0.05, 0.1) is 11.6 Å². The molecule has 0 radical (unpaired) electrons. The Morgan fingerprint density at radius 1 is 1.15 bits per heavy atom. The highest BCUT2D eigenvalue weighted by molar-refractivity contribution is 7.88. The van der Waals surface area contributed by atoms with Gasteiger partial charge in [-0.3, -0.25) is 0 Å². The minimum absolute atomic E-state index is 0.244. The zero-order valence-electron chi connectivity index (χ0n) is 19.8. The molecule has 0 amide bonds. The van der Waals surface area contributed by atoms with Crippen molar-refractivity contribution >= 4 is 26.9 Å². The highest BCUT2D eigenvalue weighted by Gasteiger charge is 2.34. The van der Waals surface area contributed by atoms with E-state index in [0.717, 1.165) is 73.0 Å². The SMILES string of the molecule is CN1CCN(C[C@H]2C[C@@H](n3cc(-c4cccc(CNS(C)(=O)=O)c4)c4c(N)ncnc43)C2)CC1. The molecule has 0 atom stereocenters. The number of aromatic nitrogens is 3. The van der Waals surface area contributed by atoms with E-state index >= 15 is 0 Å². The van der Waals surface area contributed by atoms with Crippen molar-refractivity contribution in [2.75, 3.05) is 51.8 Å². The van der Waals surface area contributed by atoms with E-state index in [0.29, 0.717) is 17.8 Å². The molecule has 9 nitrogen and oxygen atoms in total. The van der Waals surface area contributed by atoms with Crippen molar-refractivity contribution in [1.82, 2.24) is 29.1 Å². The van der Waals surface area contributed by atoms with E-state index < -0.39 is 10.0 Å². The summed E-state index contributed by atoms with van der Waals surface area (Å²) in [6.45, 7) is 6.02. The number of likely N-dealkylation sites (N-methyl/N-ethyl adjacent to an activating group) is 1. The maximum Gasteiger partial charge on any atom is 0.209 e. The molecular weight excluding hydrogens is 450 g/mol. The molecule has 0 spiro atoms. The molecule has 2 aromatic heterocycles. The van der Waals surface area contributed by atoms with Crippen LogP contribution in [0.3, 0.4) is 0 Å². The third-order valence-corrected chi connectivity index (χ3v) is 7.80. The van der Waals surface area contributed by atoms with Crippen LogP contribution >= 0.6 is 0 Å². The lowest BCUT2D eigenvalue weighted by Crippen LogP contribution is -2.47. The van der Waals surface area contributed by atoms with Crippen molar-refractivity contribution in [2.24, 2.45) is 5.92 Å². The number of nitrogens with zero attached hydrogens (tertiary/aromatic N) is 5. The second-order valence-electron chi connectivity index (χ2n) is 9.80. The Bertz CT molecular complexity index is 1280. The molecule has 1 saturated heterocycles. The predicted molar refractivity (Wildman–Crippen MR) is 135 cm³/mol. The van der Waals surface area contributed by atoms with Crippen LogP contribution in [0, 0.1) is 5.92 Å². The standard InChI is InChI=1S/C24H33N7O2S/c1-29-6-8-30(9-7-29)14-18-11-20(12-18)31-15-21(22-23(25)26-16-27-24(22)31)19-5-3-4-17(10-19)13-28-34(2,32)33/h3-5,10,15-16,18,20,28H,6-9,11-14H2,1-2H3,(H2,25,26,27)/t18-,20+. The summed E-state index contributed by atoms with van der Waals surface area (Å²) < 4.78 is 27.8. The Balaban J connectivity index is 1.37. The second kappa shape index (κ2) is 9.26. The summed E-state index contributed by atoms with van der Waals surface area (Å²) in [5, 5.41) is 0.859. The normalized spacial score (nSPS) is 22.2. The smallest absolute Gasteiger partial charge is 0.209 e. The Kier molecular flexibility index (Phi) is 6.32. The van der Waals surface area contributed by atoms with Gasteiger partial charge in [0, 0.05) is 57.1 Å². The molecule has 0 bridgehead atoms. The van der Waals surface area contributed by atoms with Gasteiger partial charge in [-0.1, -0.05) is 18.2 Å². The number of nitrogens with two attached hydrogens (primary N) is 1. The van der Waals surface area contributed by atoms with Crippen LogP contribution in [0.5, 0.6) is 0 Å². The van der Waals surface area contributed by atoms with Crippen LogP contribution < -0.4 is 10.5 Å². The number of nitrogens with one attached hydrogen (secondary N) is 1. The van der Waals surface area contributed by atoms with Crippen molar-refractivity contribution in [3.63, 3.8) is 0 Å². The summed E-state index contributed by atoms with van der Waals surface area (Å²) in [7, 11) is -1.07. The van der Waals surface area contributed by atoms with E-state index in [1.807, 2.05) is 24.3 Å². The highest BCUT2D eigenvalue weighted by Crippen LogP contribution is 2.43. The van der Waals surface area contributed by atoms with Gasteiger partial charge in [0.2, 0.25) is 10.0 Å². The summed E-state index contributed by atoms with van der Waals surface area (Å²) in [5.74, 6) is 1.17. The zero-order valence-corrected chi connectivity index (χ0v) is 20.6. The fourth-order valence-electron chi connectivity index (χ4n) is 5.14. The summed E-state index contributed by atoms with van der Waals surface area (Å²) in [4.78, 5) is 13.8. The third kappa shape index (κ3) is 4.95. The molecule has 1 aromatic carbocycles. The molecule has 2 aliphatic rings. The first-order valence-electron chi connectivity index (χ1n) is 11.8. The lowest BCUT2D eigenvalue weighted by molar-refractivity contribution is 0.0920. The first-order valence-corrected chi connectivity index (χ1v) is 13.7. The Morgan fingerprint density at radius 2 is 1.91 bits per heavy atom. The fraction of sp³-hybridized carbons (Fsp3) is 0.500. The molecule has 3 heterocycles. The molecule has 0 unspecified atom stereocenters. The summed E-state index contributed by atoms with van der Waals surface area (Å²) in [5.41, 5.74) is 10.0. The van der Waals surface area contributed by atoms with Crippen LogP contribution in [-0.4, -0.2) is 78.8 Å². The van der Waals surface area contributed by atoms with E-state index in [4.69, 9.17) is 5.73 Å². The maximum atomic E-state index is 11.5. The van der Waals surface area contributed by atoms with Gasteiger partial charge in [-0.25, -0.2) is 23.1 Å². The minimum Gasteiger partial charge on any atom is -0.383 e. The van der Waals surface area contributed by atoms with Crippen LogP contribution in [0.25, 0.3) is 22.2 Å². The number of benzene rings is 1. The van der Waals surface area contributed by atoms with Gasteiger partial charge in [0.25, 0.3) is 0 Å². The van der Waals surface area contributed by atoms with Gasteiger partial charge in [-0.2, -0.15) is 0 Å². The number of hydrogen-bond donors (Lipinski definition) is 2. The van der Waals surface area contributed by atoms with Gasteiger partial charge in [-0.15, -0.1) is 0 Å². The van der Waals surface area contributed by atoms with E-state index in [1.165, 1.54) is 12.9 Å². The number of rotatable bonds is 7. The second-order valence-corrected chi connectivity index (χ2v) is 11.6. The van der Waals surface area contributed by atoms with E-state index in [1.54, 1.807) is 0 Å². The zero-order chi connectivity index (χ0) is 23.9. The largest absolute Gasteiger partial charge is 0.383 e. The monoisotopic (exact) mass is 483 g/mol. The van der Waals surface area contributed by atoms with Crippen molar-refractivity contribution < 1.29 is 8.42 Å². The van der Waals surface area contributed by atoms with Crippen molar-refractivity contribution in [1.29, 1.82) is 0 Å². The summed E-state index contributed by atoms with van der Waals surface area (Å²) >= 11 is 0. The molecule has 1 aliphatic carbocycles. The van der Waals surface area contributed by atoms with E-state index in [2.05, 4.69) is 42.3 Å². The molecule has 182 valence electrons. The number of fused-ring (bicyclic) bond motifs is 1. The summed E-state index contributed by atoms with van der Waals surface area (Å²) in [6.07, 6.45) is 7.12. The molecule has 3 aromatic rings. The van der Waals surface area contributed by atoms with Gasteiger partial charge in [-0.05, 0) is 43.0 Å². The molecule has 2 fully saturated rings. The van der Waals surface area contributed by atoms with Gasteiger partial charge in [0.1, 0.15) is 17.8 Å². The molecule has 5 rings (SSSR count). The lowest BCUT2D eigenvalue weighted by atomic mass is 9.79. The van der Waals surface area contributed by atoms with Crippen LogP contribution in [0.1, 0.15) is 24.4 Å². The van der Waals surface area contributed by atoms with Crippen LogP contribution in [0.4, 0.5) is 5.82 Å². The average molecular weight is 484 g/mol. The van der Waals surface area contributed by atoms with Gasteiger partial charge in [0.15, 0.2) is 0 Å². The molecule has 3 N–H and O–H groups in total. The Morgan fingerprint density at radius 3 is 2.65 bits per heavy atom. The molecule has 1 saturated carbocycles. The van der Waals surface area contributed by atoms with Crippen LogP contribution in [-0.2, 0) is 16.6 Å². The number of piperazine rings is 1. The number of nitrogen functional groups attached to an aromatic ring is 1. The maximum absolute atomic E-state index is 11.5. The van der Waals surface area contributed by atoms with Crippen molar-refractivity contribution in [2.45, 2.75) is 25.4 Å². The molecule has 1 aliphatic heterocycles. The Labute approximate surface area is 201 Å². The van der Waals surface area contributed by atoms with E-state index in [9.17, 15) is 8.42 Å². The van der Waals surface area contributed by atoms with Crippen molar-refractivity contribution in [3.05, 3.63) is 42.4 Å². The third-order valence-electron chi connectivity index (χ3n) is 7.13. The first-order chi connectivity index (χ1) is 16.3. The van der Waals surface area contributed by atoms with Crippen LogP contribution in [0.15, 0.2) is 36.8 Å². The van der Waals surface area contributed by atoms with E-state index in [-0.39, 0.29) is 6.54 Å². The van der Waals surface area contributed by atoms with Crippen LogP contribution in [0.2, 0.25) is 0 Å². The minimum atomic E-state index is -3.26. The number of hydrogen-bond acceptors (Lipinski definition) is 7. The Hall–Kier alpha value is -2.53. The van der Waals surface area contributed by atoms with Crippen molar-refractivity contribution in [3.8, 4) is 11.1 Å².